The molecule has 17 heavy (non-hydrogen) atoms. The molecule has 0 aliphatic heterocycles. The molecule has 0 saturated heterocycles. The van der Waals surface area contributed by atoms with Crippen molar-refractivity contribution in [3.05, 3.63) is 65.8 Å². The van der Waals surface area contributed by atoms with Crippen molar-refractivity contribution in [2.75, 3.05) is 6.61 Å². The van der Waals surface area contributed by atoms with Crippen molar-refractivity contribution in [3.8, 4) is 0 Å². The molecule has 0 saturated carbocycles. The van der Waals surface area contributed by atoms with Crippen molar-refractivity contribution >= 4 is 16.8 Å². The van der Waals surface area contributed by atoms with Crippen LogP contribution < -0.4 is 0 Å². The second kappa shape index (κ2) is 5.46. The van der Waals surface area contributed by atoms with Crippen LogP contribution in [0.25, 0.3) is 16.8 Å². The Bertz CT molecular complexity index is 565. The van der Waals surface area contributed by atoms with Gasteiger partial charge in [0.05, 0.1) is 6.61 Å². The van der Waals surface area contributed by atoms with Crippen LogP contribution in [0.2, 0.25) is 0 Å². The molecule has 0 heterocycles. The summed E-state index contributed by atoms with van der Waals surface area (Å²) in [5.41, 5.74) is 2.25. The van der Waals surface area contributed by atoms with Gasteiger partial charge in [-0.05, 0) is 29.3 Å². The Hall–Kier alpha value is -1.86. The lowest BCUT2D eigenvalue weighted by molar-refractivity contribution is 0.342. The molecular formula is C16H16O. The maximum Gasteiger partial charge on any atom is 0.0617 e. The molecule has 0 unspecified atom stereocenters. The summed E-state index contributed by atoms with van der Waals surface area (Å²) in [5.74, 6) is 0. The van der Waals surface area contributed by atoms with E-state index in [9.17, 15) is 0 Å². The van der Waals surface area contributed by atoms with Crippen LogP contribution in [-0.4, -0.2) is 11.7 Å². The summed E-state index contributed by atoms with van der Waals surface area (Å²) in [6.07, 6.45) is 5.87. The normalized spacial score (nSPS) is 12.5. The van der Waals surface area contributed by atoms with Crippen LogP contribution >= 0.6 is 0 Å². The summed E-state index contributed by atoms with van der Waals surface area (Å²) in [5, 5.41) is 11.3. The lowest BCUT2D eigenvalue weighted by atomic mass is 10.1. The van der Waals surface area contributed by atoms with E-state index < -0.39 is 0 Å². The summed E-state index contributed by atoms with van der Waals surface area (Å²) in [6, 6.07) is 14.7. The zero-order chi connectivity index (χ0) is 12.1. The fourth-order valence-corrected chi connectivity index (χ4v) is 1.75. The van der Waals surface area contributed by atoms with Gasteiger partial charge >= 0.3 is 0 Å². The number of hydrogen-bond donors (Lipinski definition) is 1. The minimum absolute atomic E-state index is 0.0912. The summed E-state index contributed by atoms with van der Waals surface area (Å²) in [7, 11) is 0. The van der Waals surface area contributed by atoms with Gasteiger partial charge in [-0.3, -0.25) is 0 Å². The van der Waals surface area contributed by atoms with E-state index in [1.165, 1.54) is 16.3 Å². The highest BCUT2D eigenvalue weighted by atomic mass is 16.2. The van der Waals surface area contributed by atoms with E-state index in [0.717, 1.165) is 5.57 Å². The van der Waals surface area contributed by atoms with Gasteiger partial charge in [-0.1, -0.05) is 60.2 Å². The van der Waals surface area contributed by atoms with Gasteiger partial charge in [0, 0.05) is 0 Å². The summed E-state index contributed by atoms with van der Waals surface area (Å²) in [4.78, 5) is 0. The van der Waals surface area contributed by atoms with E-state index in [-0.39, 0.29) is 6.61 Å². The van der Waals surface area contributed by atoms with Gasteiger partial charge in [-0.15, -0.1) is 0 Å². The molecule has 0 atom stereocenters. The third-order valence-electron chi connectivity index (χ3n) is 2.73. The van der Waals surface area contributed by atoms with Gasteiger partial charge in [0.25, 0.3) is 0 Å². The molecule has 0 fully saturated rings. The lowest BCUT2D eigenvalue weighted by Crippen LogP contribution is -1.77. The quantitative estimate of drug-likeness (QED) is 0.786. The Kier molecular flexibility index (Phi) is 3.73. The summed E-state index contributed by atoms with van der Waals surface area (Å²) >= 11 is 0. The van der Waals surface area contributed by atoms with Crippen LogP contribution in [-0.2, 0) is 0 Å². The van der Waals surface area contributed by atoms with Gasteiger partial charge in [0.1, 0.15) is 0 Å². The lowest BCUT2D eigenvalue weighted by Gasteiger charge is -1.99. The Morgan fingerprint density at radius 2 is 1.88 bits per heavy atom. The standard InChI is InChI=1S/C16H16O/c1-13(10-11-17)6-7-14-8-9-15-4-2-3-5-16(15)12-14/h2-10,12,17H,11H2,1H3/b7-6+,13-10+. The van der Waals surface area contributed by atoms with Gasteiger partial charge in [-0.2, -0.15) is 0 Å². The highest BCUT2D eigenvalue weighted by molar-refractivity contribution is 5.84. The van der Waals surface area contributed by atoms with Crippen molar-refractivity contribution in [1.82, 2.24) is 0 Å². The number of allylic oxidation sites excluding steroid dienone is 2. The predicted molar refractivity (Wildman–Crippen MR) is 73.8 cm³/mol. The first-order valence-corrected chi connectivity index (χ1v) is 5.74. The van der Waals surface area contributed by atoms with Crippen LogP contribution in [0, 0.1) is 0 Å². The number of fused-ring (bicyclic) bond motifs is 1. The SMILES string of the molecule is CC(/C=C/c1ccc2ccccc2c1)=C\CO. The highest BCUT2D eigenvalue weighted by Crippen LogP contribution is 2.16. The van der Waals surface area contributed by atoms with Crippen molar-refractivity contribution in [3.63, 3.8) is 0 Å². The minimum Gasteiger partial charge on any atom is -0.392 e. The molecule has 0 aliphatic carbocycles. The monoisotopic (exact) mass is 224 g/mol. The molecule has 0 aliphatic rings. The highest BCUT2D eigenvalue weighted by Gasteiger charge is 1.92. The predicted octanol–water partition coefficient (Wildman–Crippen LogP) is 3.79. The molecule has 2 aromatic rings. The zero-order valence-electron chi connectivity index (χ0n) is 9.93. The number of rotatable bonds is 3. The van der Waals surface area contributed by atoms with Crippen LogP contribution in [0.1, 0.15) is 12.5 Å². The molecule has 0 aromatic heterocycles. The van der Waals surface area contributed by atoms with Crippen molar-refractivity contribution in [1.29, 1.82) is 0 Å². The maximum atomic E-state index is 8.76. The Morgan fingerprint density at radius 3 is 2.65 bits per heavy atom. The molecule has 0 bridgehead atoms. The van der Waals surface area contributed by atoms with Gasteiger partial charge in [-0.25, -0.2) is 0 Å². The van der Waals surface area contributed by atoms with Gasteiger partial charge in [0.15, 0.2) is 0 Å². The van der Waals surface area contributed by atoms with Crippen LogP contribution in [0.3, 0.4) is 0 Å². The van der Waals surface area contributed by atoms with Crippen molar-refractivity contribution in [2.45, 2.75) is 6.92 Å². The first-order valence-electron chi connectivity index (χ1n) is 5.74. The largest absolute Gasteiger partial charge is 0.392 e. The molecule has 0 amide bonds. The van der Waals surface area contributed by atoms with E-state index in [1.54, 1.807) is 6.08 Å². The summed E-state index contributed by atoms with van der Waals surface area (Å²) < 4.78 is 0. The maximum absolute atomic E-state index is 8.76. The van der Waals surface area contributed by atoms with E-state index in [4.69, 9.17) is 5.11 Å². The minimum atomic E-state index is 0.0912. The first kappa shape index (κ1) is 11.6. The number of aliphatic hydroxyl groups excluding tert-OH is 1. The van der Waals surface area contributed by atoms with Gasteiger partial charge in [0.2, 0.25) is 0 Å². The molecule has 2 aromatic carbocycles. The number of benzene rings is 2. The molecule has 1 heteroatoms. The topological polar surface area (TPSA) is 20.2 Å². The van der Waals surface area contributed by atoms with Crippen LogP contribution in [0.15, 0.2) is 60.2 Å². The third-order valence-corrected chi connectivity index (χ3v) is 2.73. The number of hydrogen-bond acceptors (Lipinski definition) is 1. The summed E-state index contributed by atoms with van der Waals surface area (Å²) in [6.45, 7) is 2.07. The fourth-order valence-electron chi connectivity index (χ4n) is 1.75. The fraction of sp³-hybridized carbons (Fsp3) is 0.125. The van der Waals surface area contributed by atoms with E-state index in [1.807, 2.05) is 25.1 Å². The molecule has 1 nitrogen and oxygen atoms in total. The van der Waals surface area contributed by atoms with E-state index in [2.05, 4.69) is 36.4 Å². The van der Waals surface area contributed by atoms with Crippen LogP contribution in [0.5, 0.6) is 0 Å². The van der Waals surface area contributed by atoms with Gasteiger partial charge < -0.3 is 5.11 Å². The first-order chi connectivity index (χ1) is 8.29. The van der Waals surface area contributed by atoms with Crippen molar-refractivity contribution < 1.29 is 5.11 Å². The Balaban J connectivity index is 2.28. The molecular weight excluding hydrogens is 208 g/mol. The molecule has 0 spiro atoms. The zero-order valence-corrected chi connectivity index (χ0v) is 9.93. The average Bonchev–Trinajstić information content (AvgIpc) is 2.36. The molecule has 2 rings (SSSR count). The van der Waals surface area contributed by atoms with E-state index in [0.29, 0.717) is 0 Å². The van der Waals surface area contributed by atoms with E-state index >= 15 is 0 Å². The Morgan fingerprint density at radius 1 is 1.12 bits per heavy atom. The average molecular weight is 224 g/mol. The van der Waals surface area contributed by atoms with Crippen LogP contribution in [0.4, 0.5) is 0 Å². The third kappa shape index (κ3) is 3.05. The molecule has 86 valence electrons. The second-order valence-electron chi connectivity index (χ2n) is 4.07. The molecule has 1 N–H and O–H groups in total. The Labute approximate surface area is 102 Å². The van der Waals surface area contributed by atoms with Crippen molar-refractivity contribution in [2.24, 2.45) is 0 Å². The smallest absolute Gasteiger partial charge is 0.0617 e. The number of aliphatic hydroxyl groups is 1. The molecule has 0 radical (unpaired) electrons. The second-order valence-corrected chi connectivity index (χ2v) is 4.07.